The normalized spacial score (nSPS) is 12.6. The van der Waals surface area contributed by atoms with Gasteiger partial charge in [-0.05, 0) is 50.2 Å². The Morgan fingerprint density at radius 1 is 1.14 bits per heavy atom. The third kappa shape index (κ3) is 3.20. The van der Waals surface area contributed by atoms with Crippen LogP contribution in [-0.4, -0.2) is 27.5 Å². The molecule has 2 aromatic heterocycles. The highest BCUT2D eigenvalue weighted by Gasteiger charge is 2.32. The van der Waals surface area contributed by atoms with Gasteiger partial charge in [-0.3, -0.25) is 14.6 Å². The summed E-state index contributed by atoms with van der Waals surface area (Å²) in [6.45, 7) is 3.44. The molecule has 0 saturated carbocycles. The Hall–Kier alpha value is -3.68. The van der Waals surface area contributed by atoms with E-state index in [4.69, 9.17) is 9.47 Å². The standard InChI is InChI=1S/C20H18N4O4/c1-20(2,19(26)22-14-4-3-9-21-11-14)24-18(25)8-6-15(23-24)13-5-7-16-17(10-13)28-12-27-16/h3-11H,12H2,1-2H3,(H,22,26). The highest BCUT2D eigenvalue weighted by molar-refractivity contribution is 5.95. The van der Waals surface area contributed by atoms with E-state index in [0.29, 0.717) is 22.9 Å². The van der Waals surface area contributed by atoms with Crippen molar-refractivity contribution in [1.29, 1.82) is 0 Å². The zero-order valence-corrected chi connectivity index (χ0v) is 15.4. The molecule has 3 heterocycles. The number of ether oxygens (including phenoxy) is 2. The lowest BCUT2D eigenvalue weighted by Gasteiger charge is -2.25. The third-order valence-electron chi connectivity index (χ3n) is 4.47. The summed E-state index contributed by atoms with van der Waals surface area (Å²) in [5, 5.41) is 7.20. The zero-order chi connectivity index (χ0) is 19.7. The summed E-state index contributed by atoms with van der Waals surface area (Å²) >= 11 is 0. The Kier molecular flexibility index (Phi) is 4.31. The van der Waals surface area contributed by atoms with Gasteiger partial charge in [0.2, 0.25) is 6.79 Å². The van der Waals surface area contributed by atoms with Crippen molar-refractivity contribution < 1.29 is 14.3 Å². The number of nitrogens with zero attached hydrogens (tertiary/aromatic N) is 3. The lowest BCUT2D eigenvalue weighted by molar-refractivity contribution is -0.123. The summed E-state index contributed by atoms with van der Waals surface area (Å²) in [6, 6.07) is 11.9. The Morgan fingerprint density at radius 3 is 2.75 bits per heavy atom. The second-order valence-corrected chi connectivity index (χ2v) is 6.79. The fourth-order valence-electron chi connectivity index (χ4n) is 2.84. The summed E-state index contributed by atoms with van der Waals surface area (Å²) in [5.41, 5.74) is 0.234. The van der Waals surface area contributed by atoms with Gasteiger partial charge in [0, 0.05) is 17.8 Å². The van der Waals surface area contributed by atoms with Gasteiger partial charge >= 0.3 is 0 Å². The van der Waals surface area contributed by atoms with Crippen LogP contribution in [-0.2, 0) is 10.3 Å². The highest BCUT2D eigenvalue weighted by Crippen LogP contribution is 2.35. The van der Waals surface area contributed by atoms with E-state index in [0.717, 1.165) is 5.56 Å². The minimum atomic E-state index is -1.22. The lowest BCUT2D eigenvalue weighted by Crippen LogP contribution is -2.47. The van der Waals surface area contributed by atoms with E-state index in [1.54, 1.807) is 50.4 Å². The molecule has 8 nitrogen and oxygen atoms in total. The van der Waals surface area contributed by atoms with Crippen molar-refractivity contribution >= 4 is 11.6 Å². The van der Waals surface area contributed by atoms with Gasteiger partial charge in [0.15, 0.2) is 11.5 Å². The van der Waals surface area contributed by atoms with Crippen LogP contribution in [0.1, 0.15) is 13.8 Å². The predicted octanol–water partition coefficient (Wildman–Crippen LogP) is 2.41. The maximum Gasteiger partial charge on any atom is 0.267 e. The smallest absolute Gasteiger partial charge is 0.267 e. The number of anilines is 1. The van der Waals surface area contributed by atoms with Gasteiger partial charge in [-0.25, -0.2) is 4.68 Å². The van der Waals surface area contributed by atoms with Crippen LogP contribution in [0.15, 0.2) is 59.7 Å². The van der Waals surface area contributed by atoms with Crippen LogP contribution < -0.4 is 20.3 Å². The summed E-state index contributed by atoms with van der Waals surface area (Å²) in [6.07, 6.45) is 3.15. The quantitative estimate of drug-likeness (QED) is 0.749. The fourth-order valence-corrected chi connectivity index (χ4v) is 2.84. The molecule has 1 aromatic carbocycles. The molecular weight excluding hydrogens is 360 g/mol. The first-order chi connectivity index (χ1) is 13.4. The Balaban J connectivity index is 1.68. The largest absolute Gasteiger partial charge is 0.454 e. The molecule has 142 valence electrons. The molecule has 1 aliphatic rings. The Morgan fingerprint density at radius 2 is 1.96 bits per heavy atom. The van der Waals surface area contributed by atoms with Crippen LogP contribution in [0.25, 0.3) is 11.3 Å². The first-order valence-electron chi connectivity index (χ1n) is 8.67. The first-order valence-corrected chi connectivity index (χ1v) is 8.67. The summed E-state index contributed by atoms with van der Waals surface area (Å²) in [5.74, 6) is 0.900. The first kappa shape index (κ1) is 17.7. The van der Waals surface area contributed by atoms with Crippen LogP contribution in [0.3, 0.4) is 0 Å². The van der Waals surface area contributed by atoms with Gasteiger partial charge in [0.25, 0.3) is 11.5 Å². The van der Waals surface area contributed by atoms with E-state index >= 15 is 0 Å². The van der Waals surface area contributed by atoms with Crippen LogP contribution in [0.5, 0.6) is 11.5 Å². The lowest BCUT2D eigenvalue weighted by atomic mass is 10.0. The van der Waals surface area contributed by atoms with E-state index in [2.05, 4.69) is 15.4 Å². The molecule has 4 rings (SSSR count). The number of nitrogens with one attached hydrogen (secondary N) is 1. The van der Waals surface area contributed by atoms with Crippen molar-refractivity contribution in [2.24, 2.45) is 0 Å². The molecule has 3 aromatic rings. The zero-order valence-electron chi connectivity index (χ0n) is 15.4. The maximum atomic E-state index is 12.8. The molecule has 1 amide bonds. The minimum absolute atomic E-state index is 0.174. The molecule has 8 heteroatoms. The number of pyridine rings is 1. The van der Waals surface area contributed by atoms with Gasteiger partial charge in [0.1, 0.15) is 5.54 Å². The number of fused-ring (bicyclic) bond motifs is 1. The van der Waals surface area contributed by atoms with Gasteiger partial charge < -0.3 is 14.8 Å². The van der Waals surface area contributed by atoms with Crippen LogP contribution >= 0.6 is 0 Å². The molecule has 0 atom stereocenters. The number of rotatable bonds is 4. The monoisotopic (exact) mass is 378 g/mol. The van der Waals surface area contributed by atoms with Crippen LogP contribution in [0, 0.1) is 0 Å². The van der Waals surface area contributed by atoms with Gasteiger partial charge in [-0.1, -0.05) is 0 Å². The molecule has 0 spiro atoms. The highest BCUT2D eigenvalue weighted by atomic mass is 16.7. The number of amides is 1. The minimum Gasteiger partial charge on any atom is -0.454 e. The van der Waals surface area contributed by atoms with Crippen molar-refractivity contribution in [3.05, 3.63) is 65.2 Å². The molecule has 1 N–H and O–H groups in total. The summed E-state index contributed by atoms with van der Waals surface area (Å²) in [4.78, 5) is 29.2. The summed E-state index contributed by atoms with van der Waals surface area (Å²) in [7, 11) is 0. The van der Waals surface area contributed by atoms with E-state index in [1.165, 1.54) is 16.9 Å². The third-order valence-corrected chi connectivity index (χ3v) is 4.47. The van der Waals surface area contributed by atoms with Gasteiger partial charge in [0.05, 0.1) is 17.6 Å². The number of carbonyl (C=O) groups is 1. The Bertz CT molecular complexity index is 1090. The molecule has 0 fully saturated rings. The second kappa shape index (κ2) is 6.80. The number of hydrogen-bond acceptors (Lipinski definition) is 6. The van der Waals surface area contributed by atoms with E-state index in [-0.39, 0.29) is 18.3 Å². The summed E-state index contributed by atoms with van der Waals surface area (Å²) < 4.78 is 11.9. The molecule has 0 unspecified atom stereocenters. The van der Waals surface area contributed by atoms with Crippen molar-refractivity contribution in [2.45, 2.75) is 19.4 Å². The predicted molar refractivity (Wildman–Crippen MR) is 102 cm³/mol. The van der Waals surface area contributed by atoms with Crippen molar-refractivity contribution in [1.82, 2.24) is 14.8 Å². The van der Waals surface area contributed by atoms with E-state index < -0.39 is 5.54 Å². The van der Waals surface area contributed by atoms with Gasteiger partial charge in [-0.2, -0.15) is 5.10 Å². The maximum absolute atomic E-state index is 12.8. The molecule has 0 aliphatic carbocycles. The van der Waals surface area contributed by atoms with Crippen molar-refractivity contribution in [2.75, 3.05) is 12.1 Å². The topological polar surface area (TPSA) is 95.3 Å². The Labute approximate surface area is 160 Å². The van der Waals surface area contributed by atoms with Crippen molar-refractivity contribution in [3.8, 4) is 22.8 Å². The SMILES string of the molecule is CC(C)(C(=O)Nc1cccnc1)n1nc(-c2ccc3c(c2)OCO3)ccc1=O. The van der Waals surface area contributed by atoms with Crippen molar-refractivity contribution in [3.63, 3.8) is 0 Å². The van der Waals surface area contributed by atoms with E-state index in [1.807, 2.05) is 6.07 Å². The average Bonchev–Trinajstić information content (AvgIpc) is 3.16. The van der Waals surface area contributed by atoms with Crippen LogP contribution in [0.4, 0.5) is 5.69 Å². The second-order valence-electron chi connectivity index (χ2n) is 6.79. The molecule has 0 radical (unpaired) electrons. The fraction of sp³-hybridized carbons (Fsp3) is 0.200. The van der Waals surface area contributed by atoms with E-state index in [9.17, 15) is 9.59 Å². The number of carbonyl (C=O) groups excluding carboxylic acids is 1. The van der Waals surface area contributed by atoms with Gasteiger partial charge in [-0.15, -0.1) is 0 Å². The number of aromatic nitrogens is 3. The number of hydrogen-bond donors (Lipinski definition) is 1. The van der Waals surface area contributed by atoms with Crippen LogP contribution in [0.2, 0.25) is 0 Å². The molecular formula is C20H18N4O4. The molecule has 28 heavy (non-hydrogen) atoms. The number of benzene rings is 1. The molecule has 1 aliphatic heterocycles. The average molecular weight is 378 g/mol. The molecule has 0 bridgehead atoms. The molecule has 0 saturated heterocycles.